The Morgan fingerprint density at radius 1 is 1.05 bits per heavy atom. The summed E-state index contributed by atoms with van der Waals surface area (Å²) >= 11 is 0. The molecule has 0 aliphatic heterocycles. The predicted molar refractivity (Wildman–Crippen MR) is 87.9 cm³/mol. The van der Waals surface area contributed by atoms with Crippen LogP contribution in [0.15, 0.2) is 54.9 Å². The standard InChI is InChI=1S/C18H25N3/c1-2-21(15-17-10-12-20-13-11-17)18(14-19)9-8-16-6-4-3-5-7-16/h3-7,10-13,18H,2,8-9,14-15,19H2,1H3. The highest BCUT2D eigenvalue weighted by Crippen LogP contribution is 2.12. The highest BCUT2D eigenvalue weighted by Gasteiger charge is 2.15. The summed E-state index contributed by atoms with van der Waals surface area (Å²) < 4.78 is 0. The number of hydrogen-bond acceptors (Lipinski definition) is 3. The van der Waals surface area contributed by atoms with Gasteiger partial charge in [0.2, 0.25) is 0 Å². The molecule has 1 atom stereocenters. The summed E-state index contributed by atoms with van der Waals surface area (Å²) in [6, 6.07) is 15.2. The smallest absolute Gasteiger partial charge is 0.0271 e. The number of nitrogens with zero attached hydrogens (tertiary/aromatic N) is 2. The van der Waals surface area contributed by atoms with E-state index >= 15 is 0 Å². The van der Waals surface area contributed by atoms with Crippen LogP contribution in [0.4, 0.5) is 0 Å². The second kappa shape index (κ2) is 8.55. The lowest BCUT2D eigenvalue weighted by molar-refractivity contribution is 0.192. The molecule has 1 heterocycles. The van der Waals surface area contributed by atoms with Crippen LogP contribution in [0.25, 0.3) is 0 Å². The van der Waals surface area contributed by atoms with E-state index in [0.29, 0.717) is 12.6 Å². The summed E-state index contributed by atoms with van der Waals surface area (Å²) in [6.07, 6.45) is 5.88. The zero-order chi connectivity index (χ0) is 14.9. The molecule has 1 aromatic carbocycles. The van der Waals surface area contributed by atoms with Gasteiger partial charge < -0.3 is 5.73 Å². The second-order valence-corrected chi connectivity index (χ2v) is 5.33. The van der Waals surface area contributed by atoms with Crippen molar-refractivity contribution in [2.24, 2.45) is 5.73 Å². The molecule has 2 rings (SSSR count). The van der Waals surface area contributed by atoms with Gasteiger partial charge in [-0.3, -0.25) is 9.88 Å². The fraction of sp³-hybridized carbons (Fsp3) is 0.389. The van der Waals surface area contributed by atoms with E-state index in [1.807, 2.05) is 12.4 Å². The van der Waals surface area contributed by atoms with Gasteiger partial charge in [0, 0.05) is 31.5 Å². The lowest BCUT2D eigenvalue weighted by atomic mass is 10.0. The van der Waals surface area contributed by atoms with E-state index in [1.165, 1.54) is 11.1 Å². The minimum absolute atomic E-state index is 0.420. The van der Waals surface area contributed by atoms with Crippen LogP contribution >= 0.6 is 0 Å². The van der Waals surface area contributed by atoms with Gasteiger partial charge in [0.05, 0.1) is 0 Å². The Hall–Kier alpha value is -1.71. The number of likely N-dealkylation sites (N-methyl/N-ethyl adjacent to an activating group) is 1. The Kier molecular flexibility index (Phi) is 6.38. The monoisotopic (exact) mass is 283 g/mol. The first-order chi connectivity index (χ1) is 10.3. The van der Waals surface area contributed by atoms with E-state index in [-0.39, 0.29) is 0 Å². The molecule has 0 bridgehead atoms. The van der Waals surface area contributed by atoms with Crippen molar-refractivity contribution in [3.8, 4) is 0 Å². The van der Waals surface area contributed by atoms with Gasteiger partial charge in [0.25, 0.3) is 0 Å². The fourth-order valence-electron chi connectivity index (χ4n) is 2.65. The molecule has 0 radical (unpaired) electrons. The minimum Gasteiger partial charge on any atom is -0.329 e. The van der Waals surface area contributed by atoms with Gasteiger partial charge in [-0.2, -0.15) is 0 Å². The molecule has 0 aliphatic rings. The van der Waals surface area contributed by atoms with E-state index in [9.17, 15) is 0 Å². The van der Waals surface area contributed by atoms with Gasteiger partial charge in [-0.05, 0) is 42.6 Å². The normalized spacial score (nSPS) is 12.5. The molecule has 1 aromatic heterocycles. The Morgan fingerprint density at radius 2 is 1.76 bits per heavy atom. The summed E-state index contributed by atoms with van der Waals surface area (Å²) in [6.45, 7) is 4.85. The molecule has 21 heavy (non-hydrogen) atoms. The number of benzene rings is 1. The van der Waals surface area contributed by atoms with Crippen LogP contribution < -0.4 is 5.73 Å². The molecule has 2 aromatic rings. The highest BCUT2D eigenvalue weighted by atomic mass is 15.2. The average molecular weight is 283 g/mol. The lowest BCUT2D eigenvalue weighted by Crippen LogP contribution is -2.40. The number of hydrogen-bond donors (Lipinski definition) is 1. The van der Waals surface area contributed by atoms with Crippen LogP contribution in [-0.2, 0) is 13.0 Å². The second-order valence-electron chi connectivity index (χ2n) is 5.33. The van der Waals surface area contributed by atoms with Crippen LogP contribution in [0.1, 0.15) is 24.5 Å². The lowest BCUT2D eigenvalue weighted by Gasteiger charge is -2.30. The first-order valence-electron chi connectivity index (χ1n) is 7.70. The zero-order valence-electron chi connectivity index (χ0n) is 12.8. The van der Waals surface area contributed by atoms with Gasteiger partial charge >= 0.3 is 0 Å². The SMILES string of the molecule is CCN(Cc1ccncc1)C(CN)CCc1ccccc1. The molecule has 0 fully saturated rings. The van der Waals surface area contributed by atoms with Crippen molar-refractivity contribution in [2.45, 2.75) is 32.4 Å². The van der Waals surface area contributed by atoms with Gasteiger partial charge in [-0.1, -0.05) is 37.3 Å². The fourth-order valence-corrected chi connectivity index (χ4v) is 2.65. The maximum Gasteiger partial charge on any atom is 0.0271 e. The summed E-state index contributed by atoms with van der Waals surface area (Å²) in [4.78, 5) is 6.53. The zero-order valence-corrected chi connectivity index (χ0v) is 12.8. The Balaban J connectivity index is 1.94. The molecule has 3 heteroatoms. The number of nitrogens with two attached hydrogens (primary N) is 1. The van der Waals surface area contributed by atoms with Gasteiger partial charge in [0.1, 0.15) is 0 Å². The van der Waals surface area contributed by atoms with Crippen LogP contribution in [0.3, 0.4) is 0 Å². The summed E-state index contributed by atoms with van der Waals surface area (Å²) in [5.74, 6) is 0. The first kappa shape index (κ1) is 15.7. The molecule has 112 valence electrons. The van der Waals surface area contributed by atoms with Crippen molar-refractivity contribution in [2.75, 3.05) is 13.1 Å². The predicted octanol–water partition coefficient (Wildman–Crippen LogP) is 2.86. The summed E-state index contributed by atoms with van der Waals surface area (Å²) in [7, 11) is 0. The molecule has 0 aliphatic carbocycles. The van der Waals surface area contributed by atoms with E-state index in [0.717, 1.165) is 25.9 Å². The van der Waals surface area contributed by atoms with Crippen molar-refractivity contribution < 1.29 is 0 Å². The highest BCUT2D eigenvalue weighted by molar-refractivity contribution is 5.15. The molecule has 1 unspecified atom stereocenters. The molecule has 2 N–H and O–H groups in total. The van der Waals surface area contributed by atoms with Crippen LogP contribution in [0, 0.1) is 0 Å². The van der Waals surface area contributed by atoms with Gasteiger partial charge in [-0.25, -0.2) is 0 Å². The Morgan fingerprint density at radius 3 is 2.38 bits per heavy atom. The summed E-state index contributed by atoms with van der Waals surface area (Å²) in [5, 5.41) is 0. The van der Waals surface area contributed by atoms with Gasteiger partial charge in [0.15, 0.2) is 0 Å². The molecule has 0 saturated heterocycles. The Labute approximate surface area is 127 Å². The third-order valence-corrected chi connectivity index (χ3v) is 3.94. The van der Waals surface area contributed by atoms with Crippen molar-refractivity contribution in [1.82, 2.24) is 9.88 Å². The van der Waals surface area contributed by atoms with Crippen LogP contribution in [0.2, 0.25) is 0 Å². The average Bonchev–Trinajstić information content (AvgIpc) is 2.56. The first-order valence-corrected chi connectivity index (χ1v) is 7.70. The van der Waals surface area contributed by atoms with E-state index in [2.05, 4.69) is 59.3 Å². The largest absolute Gasteiger partial charge is 0.329 e. The van der Waals surface area contributed by atoms with E-state index < -0.39 is 0 Å². The topological polar surface area (TPSA) is 42.2 Å². The minimum atomic E-state index is 0.420. The quantitative estimate of drug-likeness (QED) is 0.810. The molecular weight excluding hydrogens is 258 g/mol. The van der Waals surface area contributed by atoms with Crippen molar-refractivity contribution in [3.05, 3.63) is 66.0 Å². The van der Waals surface area contributed by atoms with Gasteiger partial charge in [-0.15, -0.1) is 0 Å². The van der Waals surface area contributed by atoms with Crippen LogP contribution in [-0.4, -0.2) is 29.0 Å². The number of rotatable bonds is 8. The van der Waals surface area contributed by atoms with Crippen molar-refractivity contribution >= 4 is 0 Å². The molecular formula is C18H25N3. The number of aromatic nitrogens is 1. The molecule has 0 saturated carbocycles. The van der Waals surface area contributed by atoms with Crippen LogP contribution in [0.5, 0.6) is 0 Å². The molecule has 0 spiro atoms. The summed E-state index contributed by atoms with van der Waals surface area (Å²) in [5.41, 5.74) is 8.69. The number of aryl methyl sites for hydroxylation is 1. The Bertz CT molecular complexity index is 498. The maximum absolute atomic E-state index is 6.01. The molecule has 3 nitrogen and oxygen atoms in total. The van der Waals surface area contributed by atoms with E-state index in [1.54, 1.807) is 0 Å². The van der Waals surface area contributed by atoms with Crippen molar-refractivity contribution in [3.63, 3.8) is 0 Å². The molecule has 0 amide bonds. The third-order valence-electron chi connectivity index (χ3n) is 3.94. The third kappa shape index (κ3) is 4.96. The maximum atomic E-state index is 6.01. The van der Waals surface area contributed by atoms with E-state index in [4.69, 9.17) is 5.73 Å². The number of pyridine rings is 1. The van der Waals surface area contributed by atoms with Crippen molar-refractivity contribution in [1.29, 1.82) is 0 Å².